The zero-order valence-corrected chi connectivity index (χ0v) is 11.8. The largest absolute Gasteiger partial charge is 0.394 e. The van der Waals surface area contributed by atoms with Crippen LogP contribution in [0.15, 0.2) is 43.0 Å². The number of aromatic nitrogens is 3. The number of nitrogens with one attached hydrogen (secondary N) is 2. The molecule has 2 amide bonds. The first-order valence-electron chi connectivity index (χ1n) is 6.74. The van der Waals surface area contributed by atoms with E-state index < -0.39 is 0 Å². The molecular weight excluding hydrogens is 270 g/mol. The molecule has 0 radical (unpaired) electrons. The topological polar surface area (TPSA) is 92.1 Å². The fourth-order valence-electron chi connectivity index (χ4n) is 1.90. The number of amides is 2. The zero-order valence-electron chi connectivity index (χ0n) is 11.8. The summed E-state index contributed by atoms with van der Waals surface area (Å²) in [5.41, 5.74) is 0.972. The molecule has 7 nitrogen and oxygen atoms in total. The minimum atomic E-state index is -0.328. The van der Waals surface area contributed by atoms with E-state index in [-0.39, 0.29) is 24.7 Å². The highest BCUT2D eigenvalue weighted by Crippen LogP contribution is 2.14. The quantitative estimate of drug-likeness (QED) is 0.730. The summed E-state index contributed by atoms with van der Waals surface area (Å²) in [5, 5.41) is 18.6. The van der Waals surface area contributed by atoms with Crippen LogP contribution in [0.25, 0.3) is 0 Å². The lowest BCUT2D eigenvalue weighted by atomic mass is 10.1. The fraction of sp³-hybridized carbons (Fsp3) is 0.357. The fourth-order valence-corrected chi connectivity index (χ4v) is 1.90. The molecule has 112 valence electrons. The van der Waals surface area contributed by atoms with E-state index in [2.05, 4.69) is 20.7 Å². The Hall–Kier alpha value is -2.41. The molecule has 2 unspecified atom stereocenters. The maximum atomic E-state index is 11.9. The first-order valence-corrected chi connectivity index (χ1v) is 6.74. The number of carbonyl (C=O) groups is 1. The maximum absolute atomic E-state index is 11.9. The molecule has 2 rings (SSSR count). The van der Waals surface area contributed by atoms with Crippen LogP contribution in [0, 0.1) is 0 Å². The van der Waals surface area contributed by atoms with Gasteiger partial charge in [-0.1, -0.05) is 30.3 Å². The molecular formula is C14H19N5O2. The standard InChI is InChI=1S/C14H19N5O2/c1-11(8-20)17-14(21)18-13(7-19-10-15-9-16-19)12-5-3-2-4-6-12/h2-6,9-11,13,20H,7-8H2,1H3,(H2,17,18,21). The van der Waals surface area contributed by atoms with Crippen LogP contribution in [0.3, 0.4) is 0 Å². The van der Waals surface area contributed by atoms with E-state index >= 15 is 0 Å². The lowest BCUT2D eigenvalue weighted by molar-refractivity contribution is 0.216. The smallest absolute Gasteiger partial charge is 0.315 e. The summed E-state index contributed by atoms with van der Waals surface area (Å²) in [6.07, 6.45) is 3.06. The van der Waals surface area contributed by atoms with Gasteiger partial charge in [-0.25, -0.2) is 9.78 Å². The van der Waals surface area contributed by atoms with Crippen LogP contribution in [0.5, 0.6) is 0 Å². The van der Waals surface area contributed by atoms with Crippen molar-refractivity contribution in [3.8, 4) is 0 Å². The summed E-state index contributed by atoms with van der Waals surface area (Å²) in [4.78, 5) is 15.8. The van der Waals surface area contributed by atoms with Crippen molar-refractivity contribution in [2.24, 2.45) is 0 Å². The van der Waals surface area contributed by atoms with Gasteiger partial charge < -0.3 is 15.7 Å². The van der Waals surface area contributed by atoms with Crippen molar-refractivity contribution in [2.75, 3.05) is 6.61 Å². The number of rotatable bonds is 6. The van der Waals surface area contributed by atoms with E-state index in [0.717, 1.165) is 5.56 Å². The van der Waals surface area contributed by atoms with Crippen LogP contribution >= 0.6 is 0 Å². The molecule has 0 bridgehead atoms. The predicted octanol–water partition coefficient (Wildman–Crippen LogP) is 0.699. The van der Waals surface area contributed by atoms with Gasteiger partial charge in [-0.2, -0.15) is 5.10 Å². The first kappa shape index (κ1) is 15.0. The third kappa shape index (κ3) is 4.57. The number of hydrogen-bond acceptors (Lipinski definition) is 4. The Morgan fingerprint density at radius 2 is 2.10 bits per heavy atom. The first-order chi connectivity index (χ1) is 10.2. The van der Waals surface area contributed by atoms with Crippen molar-refractivity contribution in [2.45, 2.75) is 25.6 Å². The van der Waals surface area contributed by atoms with Gasteiger partial charge in [0.05, 0.1) is 25.2 Å². The maximum Gasteiger partial charge on any atom is 0.315 e. The molecule has 2 atom stereocenters. The van der Waals surface area contributed by atoms with Gasteiger partial charge in [-0.05, 0) is 12.5 Å². The number of carbonyl (C=O) groups excluding carboxylic acids is 1. The van der Waals surface area contributed by atoms with Crippen molar-refractivity contribution in [1.82, 2.24) is 25.4 Å². The monoisotopic (exact) mass is 289 g/mol. The molecule has 0 aliphatic heterocycles. The van der Waals surface area contributed by atoms with E-state index in [9.17, 15) is 4.79 Å². The lowest BCUT2D eigenvalue weighted by Gasteiger charge is -2.20. The van der Waals surface area contributed by atoms with E-state index in [4.69, 9.17) is 5.11 Å². The Bertz CT molecular complexity index is 544. The van der Waals surface area contributed by atoms with Gasteiger partial charge in [-0.3, -0.25) is 4.68 Å². The Morgan fingerprint density at radius 3 is 2.71 bits per heavy atom. The second-order valence-electron chi connectivity index (χ2n) is 4.78. The highest BCUT2D eigenvalue weighted by molar-refractivity contribution is 5.74. The van der Waals surface area contributed by atoms with Gasteiger partial charge in [0.1, 0.15) is 12.7 Å². The molecule has 7 heteroatoms. The Balaban J connectivity index is 2.07. The molecule has 0 spiro atoms. The Morgan fingerprint density at radius 1 is 1.33 bits per heavy atom. The number of aliphatic hydroxyl groups is 1. The van der Waals surface area contributed by atoms with Crippen LogP contribution in [0.4, 0.5) is 4.79 Å². The van der Waals surface area contributed by atoms with Gasteiger partial charge in [0, 0.05) is 0 Å². The molecule has 3 N–H and O–H groups in total. The molecule has 2 aromatic rings. The van der Waals surface area contributed by atoms with Gasteiger partial charge in [0.15, 0.2) is 0 Å². The summed E-state index contributed by atoms with van der Waals surface area (Å²) in [6, 6.07) is 8.77. The molecule has 1 heterocycles. The van der Waals surface area contributed by atoms with Crippen molar-refractivity contribution in [3.05, 3.63) is 48.5 Å². The summed E-state index contributed by atoms with van der Waals surface area (Å²) < 4.78 is 1.66. The van der Waals surface area contributed by atoms with Crippen LogP contribution in [-0.2, 0) is 6.54 Å². The highest BCUT2D eigenvalue weighted by Gasteiger charge is 2.16. The average molecular weight is 289 g/mol. The van der Waals surface area contributed by atoms with Crippen LogP contribution in [0.2, 0.25) is 0 Å². The summed E-state index contributed by atoms with van der Waals surface area (Å²) in [7, 11) is 0. The normalized spacial score (nSPS) is 13.4. The highest BCUT2D eigenvalue weighted by atomic mass is 16.3. The number of hydrogen-bond donors (Lipinski definition) is 3. The Kier molecular flexibility index (Phi) is 5.28. The van der Waals surface area contributed by atoms with Gasteiger partial charge in [0.25, 0.3) is 0 Å². The molecule has 0 aliphatic rings. The zero-order chi connectivity index (χ0) is 15.1. The van der Waals surface area contributed by atoms with E-state index in [0.29, 0.717) is 6.54 Å². The van der Waals surface area contributed by atoms with Gasteiger partial charge in [0.2, 0.25) is 0 Å². The number of urea groups is 1. The SMILES string of the molecule is CC(CO)NC(=O)NC(Cn1cncn1)c1ccccc1. The van der Waals surface area contributed by atoms with Crippen molar-refractivity contribution < 1.29 is 9.90 Å². The van der Waals surface area contributed by atoms with E-state index in [1.807, 2.05) is 30.3 Å². The second kappa shape index (κ2) is 7.39. The lowest BCUT2D eigenvalue weighted by Crippen LogP contribution is -2.44. The van der Waals surface area contributed by atoms with E-state index in [1.165, 1.54) is 6.33 Å². The molecule has 0 saturated carbocycles. The number of aliphatic hydroxyl groups excluding tert-OH is 1. The van der Waals surface area contributed by atoms with Gasteiger partial charge in [-0.15, -0.1) is 0 Å². The average Bonchev–Trinajstić information content (AvgIpc) is 3.00. The third-order valence-corrected chi connectivity index (χ3v) is 2.99. The summed E-state index contributed by atoms with van der Waals surface area (Å²) >= 11 is 0. The molecule has 1 aromatic carbocycles. The number of nitrogens with zero attached hydrogens (tertiary/aromatic N) is 3. The summed E-state index contributed by atoms with van der Waals surface area (Å²) in [5.74, 6) is 0. The van der Waals surface area contributed by atoms with Crippen LogP contribution in [-0.4, -0.2) is 38.6 Å². The Labute approximate surface area is 123 Å². The minimum Gasteiger partial charge on any atom is -0.394 e. The molecule has 0 saturated heterocycles. The van der Waals surface area contributed by atoms with Crippen molar-refractivity contribution in [1.29, 1.82) is 0 Å². The third-order valence-electron chi connectivity index (χ3n) is 2.99. The number of benzene rings is 1. The van der Waals surface area contributed by atoms with Crippen LogP contribution < -0.4 is 10.6 Å². The summed E-state index contributed by atoms with van der Waals surface area (Å²) in [6.45, 7) is 2.10. The van der Waals surface area contributed by atoms with Gasteiger partial charge >= 0.3 is 6.03 Å². The molecule has 21 heavy (non-hydrogen) atoms. The van der Waals surface area contributed by atoms with Crippen molar-refractivity contribution >= 4 is 6.03 Å². The second-order valence-corrected chi connectivity index (χ2v) is 4.78. The minimum absolute atomic E-state index is 0.105. The van der Waals surface area contributed by atoms with Crippen molar-refractivity contribution in [3.63, 3.8) is 0 Å². The molecule has 1 aromatic heterocycles. The molecule has 0 fully saturated rings. The van der Waals surface area contributed by atoms with Crippen LogP contribution in [0.1, 0.15) is 18.5 Å². The van der Waals surface area contributed by atoms with E-state index in [1.54, 1.807) is 17.9 Å². The predicted molar refractivity (Wildman–Crippen MR) is 77.4 cm³/mol. The molecule has 0 aliphatic carbocycles.